The third kappa shape index (κ3) is 3.85. The van der Waals surface area contributed by atoms with Crippen LogP contribution in [-0.2, 0) is 7.05 Å². The predicted molar refractivity (Wildman–Crippen MR) is 134 cm³/mol. The Morgan fingerprint density at radius 1 is 1.31 bits per heavy atom. The van der Waals surface area contributed by atoms with Gasteiger partial charge in [-0.3, -0.25) is 4.68 Å². The van der Waals surface area contributed by atoms with Crippen LogP contribution in [0.3, 0.4) is 0 Å². The molecule has 1 aliphatic heterocycles. The van der Waals surface area contributed by atoms with Crippen molar-refractivity contribution in [3.8, 4) is 5.75 Å². The van der Waals surface area contributed by atoms with Crippen molar-refractivity contribution < 1.29 is 4.74 Å². The second-order valence-corrected chi connectivity index (χ2v) is 7.98. The van der Waals surface area contributed by atoms with E-state index in [-0.39, 0.29) is 0 Å². The number of nitrogens with one attached hydrogen (secondary N) is 2. The number of fused-ring (bicyclic) bond motifs is 1. The minimum Gasteiger partial charge on any atom is -0.494 e. The van der Waals surface area contributed by atoms with Crippen molar-refractivity contribution in [3.05, 3.63) is 53.9 Å². The lowest BCUT2D eigenvalue weighted by atomic mass is 10.0. The summed E-state index contributed by atoms with van der Waals surface area (Å²) in [5.41, 5.74) is 19.2. The van der Waals surface area contributed by atoms with E-state index in [1.54, 1.807) is 11.8 Å². The van der Waals surface area contributed by atoms with E-state index in [1.807, 2.05) is 38.4 Å². The van der Waals surface area contributed by atoms with Gasteiger partial charge in [-0.15, -0.1) is 0 Å². The second-order valence-electron chi connectivity index (χ2n) is 7.98. The van der Waals surface area contributed by atoms with Crippen molar-refractivity contribution in [1.29, 1.82) is 0 Å². The predicted octanol–water partition coefficient (Wildman–Crippen LogP) is 2.89. The molecular weight excluding hydrogens is 402 g/mol. The Morgan fingerprint density at radius 2 is 2.06 bits per heavy atom. The summed E-state index contributed by atoms with van der Waals surface area (Å²) in [6, 6.07) is 6.12. The largest absolute Gasteiger partial charge is 0.494 e. The Bertz CT molecular complexity index is 1190. The maximum atomic E-state index is 6.63. The average molecular weight is 434 g/mol. The van der Waals surface area contributed by atoms with Crippen LogP contribution in [-0.4, -0.2) is 43.1 Å². The molecule has 8 nitrogen and oxygen atoms in total. The van der Waals surface area contributed by atoms with Crippen molar-refractivity contribution in [2.45, 2.75) is 6.92 Å². The van der Waals surface area contributed by atoms with E-state index < -0.39 is 0 Å². The van der Waals surface area contributed by atoms with Gasteiger partial charge in [-0.2, -0.15) is 5.10 Å². The first-order valence-electron chi connectivity index (χ1n) is 10.7. The summed E-state index contributed by atoms with van der Waals surface area (Å²) in [7, 11) is 3.57. The molecule has 0 unspecified atom stereocenters. The standard InChI is InChI=1S/C24H31N7O/c1-15-23-17(14-30(3)29-23)13-20(24(15)32-4)28-16(2)18-5-6-21(19(7-8-25)22(18)26)31-11-9-27-10-12-31/h5-8,13-14,27-28H,2,9-12,25-26H2,1,3-4H3/b8-7-. The van der Waals surface area contributed by atoms with Crippen molar-refractivity contribution in [2.24, 2.45) is 12.8 Å². The molecule has 6 N–H and O–H groups in total. The summed E-state index contributed by atoms with van der Waals surface area (Å²) in [6.45, 7) is 10.00. The minimum absolute atomic E-state index is 0.637. The first kappa shape index (κ1) is 21.6. The van der Waals surface area contributed by atoms with Crippen LogP contribution in [0.4, 0.5) is 17.1 Å². The fraction of sp³-hybridized carbons (Fsp3) is 0.292. The number of hydrogen-bond acceptors (Lipinski definition) is 7. The molecule has 0 atom stereocenters. The lowest BCUT2D eigenvalue weighted by Gasteiger charge is -2.31. The molecule has 0 bridgehead atoms. The van der Waals surface area contributed by atoms with Crippen LogP contribution < -0.4 is 31.7 Å². The lowest BCUT2D eigenvalue weighted by molar-refractivity contribution is 0.414. The maximum Gasteiger partial charge on any atom is 0.147 e. The number of nitrogens with zero attached hydrogens (tertiary/aromatic N) is 3. The van der Waals surface area contributed by atoms with Crippen LogP contribution in [0.15, 0.2) is 37.2 Å². The van der Waals surface area contributed by atoms with E-state index in [1.165, 1.54) is 6.20 Å². The van der Waals surface area contributed by atoms with Gasteiger partial charge in [0.15, 0.2) is 0 Å². The first-order valence-corrected chi connectivity index (χ1v) is 10.7. The zero-order valence-corrected chi connectivity index (χ0v) is 18.9. The molecule has 168 valence electrons. The normalized spacial score (nSPS) is 14.3. The van der Waals surface area contributed by atoms with Gasteiger partial charge in [0.1, 0.15) is 5.75 Å². The van der Waals surface area contributed by atoms with Crippen LogP contribution in [0.2, 0.25) is 0 Å². The van der Waals surface area contributed by atoms with Gasteiger partial charge in [-0.05, 0) is 37.4 Å². The van der Waals surface area contributed by atoms with Gasteiger partial charge < -0.3 is 31.7 Å². The zero-order valence-electron chi connectivity index (χ0n) is 18.9. The summed E-state index contributed by atoms with van der Waals surface area (Å²) in [6.07, 6.45) is 5.37. The van der Waals surface area contributed by atoms with Crippen LogP contribution in [0.1, 0.15) is 16.7 Å². The highest BCUT2D eigenvalue weighted by molar-refractivity contribution is 5.94. The highest BCUT2D eigenvalue weighted by atomic mass is 16.5. The number of nitrogen functional groups attached to an aromatic ring is 1. The number of aryl methyl sites for hydroxylation is 2. The molecule has 0 aliphatic carbocycles. The number of nitrogens with two attached hydrogens (primary N) is 2. The second kappa shape index (κ2) is 8.84. The monoisotopic (exact) mass is 433 g/mol. The number of benzene rings is 2. The number of aromatic nitrogens is 2. The van der Waals surface area contributed by atoms with Crippen LogP contribution >= 0.6 is 0 Å². The molecule has 1 fully saturated rings. The topological polar surface area (TPSA) is 106 Å². The van der Waals surface area contributed by atoms with Crippen LogP contribution in [0.5, 0.6) is 5.75 Å². The van der Waals surface area contributed by atoms with Gasteiger partial charge in [0.2, 0.25) is 0 Å². The highest BCUT2D eigenvalue weighted by Gasteiger charge is 2.19. The quantitative estimate of drug-likeness (QED) is 0.443. The number of ether oxygens (including phenoxy) is 1. The molecule has 0 saturated carbocycles. The molecule has 2 aromatic carbocycles. The third-order valence-corrected chi connectivity index (χ3v) is 5.90. The van der Waals surface area contributed by atoms with Crippen molar-refractivity contribution >= 4 is 39.7 Å². The fourth-order valence-corrected chi connectivity index (χ4v) is 4.36. The number of hydrogen-bond donors (Lipinski definition) is 4. The van der Waals surface area contributed by atoms with Gasteiger partial charge >= 0.3 is 0 Å². The zero-order chi connectivity index (χ0) is 22.8. The van der Waals surface area contributed by atoms with E-state index >= 15 is 0 Å². The van der Waals surface area contributed by atoms with Crippen molar-refractivity contribution in [3.63, 3.8) is 0 Å². The van der Waals surface area contributed by atoms with E-state index in [0.29, 0.717) is 11.4 Å². The Labute approximate surface area is 188 Å². The number of rotatable bonds is 6. The van der Waals surface area contributed by atoms with E-state index in [4.69, 9.17) is 16.2 Å². The molecule has 1 aliphatic rings. The lowest BCUT2D eigenvalue weighted by Crippen LogP contribution is -2.43. The Kier molecular flexibility index (Phi) is 5.96. The molecule has 0 radical (unpaired) electrons. The minimum atomic E-state index is 0.637. The van der Waals surface area contributed by atoms with Gasteiger partial charge in [0, 0.05) is 72.9 Å². The van der Waals surface area contributed by atoms with Crippen LogP contribution in [0, 0.1) is 6.92 Å². The van der Waals surface area contributed by atoms with Gasteiger partial charge in [0.25, 0.3) is 0 Å². The molecule has 32 heavy (non-hydrogen) atoms. The number of piperazine rings is 1. The summed E-state index contributed by atoms with van der Waals surface area (Å²) in [5.74, 6) is 0.732. The van der Waals surface area contributed by atoms with Gasteiger partial charge in [0.05, 0.1) is 24.0 Å². The summed E-state index contributed by atoms with van der Waals surface area (Å²) >= 11 is 0. The summed E-state index contributed by atoms with van der Waals surface area (Å²) < 4.78 is 7.50. The number of anilines is 3. The van der Waals surface area contributed by atoms with Crippen molar-refractivity contribution in [2.75, 3.05) is 49.2 Å². The van der Waals surface area contributed by atoms with Crippen LogP contribution in [0.25, 0.3) is 22.7 Å². The molecule has 8 heteroatoms. The van der Waals surface area contributed by atoms with Gasteiger partial charge in [-0.25, -0.2) is 0 Å². The molecule has 1 aromatic heterocycles. The van der Waals surface area contributed by atoms with E-state index in [2.05, 4.69) is 33.3 Å². The van der Waals surface area contributed by atoms with E-state index in [0.717, 1.165) is 70.9 Å². The molecule has 4 rings (SSSR count). The third-order valence-electron chi connectivity index (χ3n) is 5.90. The smallest absolute Gasteiger partial charge is 0.147 e. The van der Waals surface area contributed by atoms with Gasteiger partial charge in [-0.1, -0.05) is 6.58 Å². The molecule has 1 saturated heterocycles. The Hall–Kier alpha value is -3.65. The summed E-state index contributed by atoms with van der Waals surface area (Å²) in [5, 5.41) is 12.4. The molecular formula is C24H31N7O. The SMILES string of the molecule is C=C(Nc1cc2cn(C)nc2c(C)c1OC)c1ccc(N2CCNCC2)c(/C=C\N)c1N. The highest BCUT2D eigenvalue weighted by Crippen LogP contribution is 2.38. The van der Waals surface area contributed by atoms with E-state index in [9.17, 15) is 0 Å². The maximum absolute atomic E-state index is 6.63. The molecule has 3 aromatic rings. The average Bonchev–Trinajstić information content (AvgIpc) is 3.16. The van der Waals surface area contributed by atoms with Crippen molar-refractivity contribution in [1.82, 2.24) is 15.1 Å². The fourth-order valence-electron chi connectivity index (χ4n) is 4.36. The molecule has 0 spiro atoms. The molecule has 2 heterocycles. The summed E-state index contributed by atoms with van der Waals surface area (Å²) in [4.78, 5) is 2.32. The molecule has 0 amide bonds. The Morgan fingerprint density at radius 3 is 2.75 bits per heavy atom. The first-order chi connectivity index (χ1) is 15.4. The Balaban J connectivity index is 1.71. The number of methoxy groups -OCH3 is 1.